The van der Waals surface area contributed by atoms with Crippen LogP contribution in [0, 0.1) is 0 Å². The molecule has 2 rings (SSSR count). The van der Waals surface area contributed by atoms with Crippen LogP contribution in [0.5, 0.6) is 0 Å². The minimum Gasteiger partial charge on any atom is -0.399 e. The van der Waals surface area contributed by atoms with Gasteiger partial charge in [-0.05, 0) is 6.42 Å². The first-order valence-electron chi connectivity index (χ1n) is 8.35. The van der Waals surface area contributed by atoms with Crippen molar-refractivity contribution in [1.82, 2.24) is 15.1 Å². The SMILES string of the molecule is CCCCCCC1(N2CCN(C)C(=O)C2)C(N)=CNCC1F. The number of unbranched alkanes of at least 4 members (excludes halogenated alkanes) is 3. The van der Waals surface area contributed by atoms with E-state index in [9.17, 15) is 9.18 Å². The number of hydrogen-bond donors (Lipinski definition) is 2. The van der Waals surface area contributed by atoms with Crippen molar-refractivity contribution in [3.05, 3.63) is 11.9 Å². The van der Waals surface area contributed by atoms with Gasteiger partial charge in [0, 0.05) is 38.6 Å². The molecule has 1 fully saturated rings. The first-order valence-corrected chi connectivity index (χ1v) is 8.35. The summed E-state index contributed by atoms with van der Waals surface area (Å²) < 4.78 is 14.9. The van der Waals surface area contributed by atoms with E-state index in [1.165, 1.54) is 0 Å². The van der Waals surface area contributed by atoms with Crippen molar-refractivity contribution in [2.24, 2.45) is 5.73 Å². The molecule has 2 atom stereocenters. The maximum atomic E-state index is 14.9. The Morgan fingerprint density at radius 3 is 2.82 bits per heavy atom. The van der Waals surface area contributed by atoms with Crippen LogP contribution in [0.1, 0.15) is 39.0 Å². The molecular weight excluding hydrogens is 283 g/mol. The molecule has 0 aromatic rings. The number of hydrogen-bond acceptors (Lipinski definition) is 4. The molecule has 6 heteroatoms. The van der Waals surface area contributed by atoms with E-state index in [1.54, 1.807) is 18.1 Å². The van der Waals surface area contributed by atoms with Gasteiger partial charge >= 0.3 is 0 Å². The minimum absolute atomic E-state index is 0.0396. The summed E-state index contributed by atoms with van der Waals surface area (Å²) >= 11 is 0. The molecule has 2 unspecified atom stereocenters. The molecule has 0 aromatic carbocycles. The third kappa shape index (κ3) is 3.21. The topological polar surface area (TPSA) is 61.6 Å². The minimum atomic E-state index is -1.09. The molecule has 1 amide bonds. The lowest BCUT2D eigenvalue weighted by Crippen LogP contribution is -2.67. The molecule has 126 valence electrons. The van der Waals surface area contributed by atoms with E-state index in [0.717, 1.165) is 25.7 Å². The van der Waals surface area contributed by atoms with Crippen LogP contribution in [0.4, 0.5) is 4.39 Å². The van der Waals surface area contributed by atoms with Crippen molar-refractivity contribution in [3.8, 4) is 0 Å². The number of carbonyl (C=O) groups is 1. The summed E-state index contributed by atoms with van der Waals surface area (Å²) in [7, 11) is 1.79. The number of alkyl halides is 1. The van der Waals surface area contributed by atoms with Gasteiger partial charge < -0.3 is 16.0 Å². The summed E-state index contributed by atoms with van der Waals surface area (Å²) in [6, 6.07) is 0. The molecule has 5 nitrogen and oxygen atoms in total. The zero-order chi connectivity index (χ0) is 16.2. The van der Waals surface area contributed by atoms with Crippen molar-refractivity contribution < 1.29 is 9.18 Å². The second-order valence-electron chi connectivity index (χ2n) is 6.45. The summed E-state index contributed by atoms with van der Waals surface area (Å²) in [5, 5.41) is 2.92. The van der Waals surface area contributed by atoms with Crippen molar-refractivity contribution in [3.63, 3.8) is 0 Å². The van der Waals surface area contributed by atoms with Gasteiger partial charge in [-0.1, -0.05) is 32.6 Å². The second-order valence-corrected chi connectivity index (χ2v) is 6.45. The molecule has 2 aliphatic rings. The Kier molecular flexibility index (Phi) is 5.67. The van der Waals surface area contributed by atoms with E-state index in [0.29, 0.717) is 25.2 Å². The van der Waals surface area contributed by atoms with Gasteiger partial charge in [0.1, 0.15) is 6.17 Å². The van der Waals surface area contributed by atoms with Crippen molar-refractivity contribution in [2.75, 3.05) is 33.2 Å². The average molecular weight is 312 g/mol. The Labute approximate surface area is 132 Å². The molecular formula is C16H29FN4O. The van der Waals surface area contributed by atoms with E-state index in [-0.39, 0.29) is 19.0 Å². The highest BCUT2D eigenvalue weighted by Gasteiger charge is 2.49. The quantitative estimate of drug-likeness (QED) is 0.724. The van der Waals surface area contributed by atoms with Gasteiger partial charge in [0.05, 0.1) is 12.1 Å². The molecule has 3 N–H and O–H groups in total. The van der Waals surface area contributed by atoms with Crippen molar-refractivity contribution in [2.45, 2.75) is 50.7 Å². The standard InChI is InChI=1S/C16H29FN4O/c1-3-4-5-6-7-16(13(17)10-19-11-14(16)18)21-9-8-20(2)15(22)12-21/h11,13,19H,3-10,12,18H2,1-2H3. The fourth-order valence-electron chi connectivity index (χ4n) is 3.51. The Morgan fingerprint density at radius 1 is 1.41 bits per heavy atom. The number of nitrogens with two attached hydrogens (primary N) is 1. The average Bonchev–Trinajstić information content (AvgIpc) is 2.49. The van der Waals surface area contributed by atoms with Crippen LogP contribution in [0.15, 0.2) is 11.9 Å². The van der Waals surface area contributed by atoms with E-state index in [4.69, 9.17) is 5.73 Å². The molecule has 0 radical (unpaired) electrons. The smallest absolute Gasteiger partial charge is 0.236 e. The van der Waals surface area contributed by atoms with E-state index in [1.807, 2.05) is 4.90 Å². The number of carbonyl (C=O) groups excluding carboxylic acids is 1. The predicted octanol–water partition coefficient (Wildman–Crippen LogP) is 1.21. The maximum absolute atomic E-state index is 14.9. The number of halogens is 1. The van der Waals surface area contributed by atoms with Gasteiger partial charge in [-0.3, -0.25) is 9.69 Å². The summed E-state index contributed by atoms with van der Waals surface area (Å²) in [4.78, 5) is 15.7. The lowest BCUT2D eigenvalue weighted by molar-refractivity contribution is -0.138. The first-order chi connectivity index (χ1) is 10.5. The van der Waals surface area contributed by atoms with Crippen LogP contribution in [0.3, 0.4) is 0 Å². The Bertz CT molecular complexity index is 428. The molecule has 0 aliphatic carbocycles. The molecule has 0 bridgehead atoms. The number of likely N-dealkylation sites (N-methyl/N-ethyl adjacent to an activating group) is 1. The molecule has 2 aliphatic heterocycles. The zero-order valence-electron chi connectivity index (χ0n) is 13.8. The van der Waals surface area contributed by atoms with Crippen LogP contribution in [0.2, 0.25) is 0 Å². The van der Waals surface area contributed by atoms with Crippen LogP contribution < -0.4 is 11.1 Å². The van der Waals surface area contributed by atoms with Gasteiger partial charge in [0.25, 0.3) is 0 Å². The normalized spacial score (nSPS) is 30.1. The number of nitrogens with zero attached hydrogens (tertiary/aromatic N) is 2. The molecule has 1 saturated heterocycles. The molecule has 2 heterocycles. The van der Waals surface area contributed by atoms with Gasteiger partial charge in [-0.15, -0.1) is 0 Å². The monoisotopic (exact) mass is 312 g/mol. The summed E-state index contributed by atoms with van der Waals surface area (Å²) in [6.45, 7) is 3.97. The van der Waals surface area contributed by atoms with Crippen LogP contribution >= 0.6 is 0 Å². The van der Waals surface area contributed by atoms with Gasteiger partial charge in [-0.2, -0.15) is 0 Å². The van der Waals surface area contributed by atoms with Gasteiger partial charge in [0.15, 0.2) is 0 Å². The first kappa shape index (κ1) is 17.1. The van der Waals surface area contributed by atoms with E-state index >= 15 is 0 Å². The summed E-state index contributed by atoms with van der Waals surface area (Å²) in [5.74, 6) is 0.0396. The van der Waals surface area contributed by atoms with Gasteiger partial charge in [-0.25, -0.2) is 4.39 Å². The predicted molar refractivity (Wildman–Crippen MR) is 85.9 cm³/mol. The zero-order valence-corrected chi connectivity index (χ0v) is 13.8. The second kappa shape index (κ2) is 7.31. The highest BCUT2D eigenvalue weighted by Crippen LogP contribution is 2.36. The number of rotatable bonds is 6. The lowest BCUT2D eigenvalue weighted by Gasteiger charge is -2.50. The lowest BCUT2D eigenvalue weighted by atomic mass is 9.80. The third-order valence-corrected chi connectivity index (χ3v) is 5.01. The van der Waals surface area contributed by atoms with Crippen LogP contribution in [-0.4, -0.2) is 60.6 Å². The highest BCUT2D eigenvalue weighted by molar-refractivity contribution is 5.79. The molecule has 22 heavy (non-hydrogen) atoms. The largest absolute Gasteiger partial charge is 0.399 e. The highest BCUT2D eigenvalue weighted by atomic mass is 19.1. The Hall–Kier alpha value is -1.30. The number of amides is 1. The third-order valence-electron chi connectivity index (χ3n) is 5.01. The van der Waals surface area contributed by atoms with Gasteiger partial charge in [0.2, 0.25) is 5.91 Å². The van der Waals surface area contributed by atoms with E-state index in [2.05, 4.69) is 12.2 Å². The van der Waals surface area contributed by atoms with Crippen LogP contribution in [-0.2, 0) is 4.79 Å². The summed E-state index contributed by atoms with van der Waals surface area (Å²) in [5.41, 5.74) is 5.93. The van der Waals surface area contributed by atoms with Crippen LogP contribution in [0.25, 0.3) is 0 Å². The van der Waals surface area contributed by atoms with E-state index < -0.39 is 11.7 Å². The van der Waals surface area contributed by atoms with Crippen molar-refractivity contribution in [1.29, 1.82) is 0 Å². The molecule has 0 aromatic heterocycles. The number of piperazine rings is 1. The fraction of sp³-hybridized carbons (Fsp3) is 0.812. The number of nitrogens with one attached hydrogen (secondary N) is 1. The fourth-order valence-corrected chi connectivity index (χ4v) is 3.51. The molecule has 0 saturated carbocycles. The Morgan fingerprint density at radius 2 is 2.18 bits per heavy atom. The molecule has 0 spiro atoms. The maximum Gasteiger partial charge on any atom is 0.236 e. The van der Waals surface area contributed by atoms with Crippen molar-refractivity contribution >= 4 is 5.91 Å². The summed E-state index contributed by atoms with van der Waals surface area (Å²) in [6.07, 6.45) is 5.61. The Balaban J connectivity index is 2.19.